The molecule has 1 amide bonds. The summed E-state index contributed by atoms with van der Waals surface area (Å²) in [4.78, 5) is 14.7. The highest BCUT2D eigenvalue weighted by molar-refractivity contribution is 9.10. The number of rotatable bonds is 4. The maximum atomic E-state index is 12.7. The second-order valence-electron chi connectivity index (χ2n) is 6.17. The van der Waals surface area contributed by atoms with E-state index in [0.717, 1.165) is 35.0 Å². The van der Waals surface area contributed by atoms with E-state index in [0.29, 0.717) is 0 Å². The molecule has 2 N–H and O–H groups in total. The van der Waals surface area contributed by atoms with Crippen molar-refractivity contribution in [3.8, 4) is 0 Å². The van der Waals surface area contributed by atoms with Gasteiger partial charge in [-0.3, -0.25) is 4.79 Å². The van der Waals surface area contributed by atoms with Crippen LogP contribution in [0.1, 0.15) is 30.0 Å². The topological polar surface area (TPSA) is 80.5 Å². The first-order chi connectivity index (χ1) is 11.8. The molecule has 1 saturated heterocycles. The average molecular weight is 423 g/mol. The van der Waals surface area contributed by atoms with E-state index in [1.165, 1.54) is 12.1 Å². The Balaban J connectivity index is 1.74. The molecule has 25 heavy (non-hydrogen) atoms. The first-order valence-electron chi connectivity index (χ1n) is 8.01. The summed E-state index contributed by atoms with van der Waals surface area (Å²) in [7, 11) is -3.71. The fourth-order valence-electron chi connectivity index (χ4n) is 3.20. The minimum Gasteiger partial charge on any atom is -0.335 e. The molecule has 132 valence electrons. The third kappa shape index (κ3) is 4.29. The van der Waals surface area contributed by atoms with Crippen molar-refractivity contribution in [3.05, 3.63) is 64.1 Å². The Morgan fingerprint density at radius 1 is 1.20 bits per heavy atom. The van der Waals surface area contributed by atoms with Crippen LogP contribution in [-0.2, 0) is 21.2 Å². The number of halogens is 1. The predicted molar refractivity (Wildman–Crippen MR) is 99.3 cm³/mol. The standard InChI is InChI=1S/C18H19BrN2O3S/c19-15-4-1-3-14(12-15)17-5-2-10-21(17)18(22)11-13-6-8-16(9-7-13)25(20,23)24/h1,3-4,6-9,12,17H,2,5,10-11H2,(H2,20,23,24). The number of hydrogen-bond acceptors (Lipinski definition) is 3. The second-order valence-corrected chi connectivity index (χ2v) is 8.64. The molecule has 1 aliphatic heterocycles. The third-order valence-corrected chi connectivity index (χ3v) is 5.84. The lowest BCUT2D eigenvalue weighted by Gasteiger charge is -2.25. The lowest BCUT2D eigenvalue weighted by atomic mass is 10.0. The van der Waals surface area contributed by atoms with Gasteiger partial charge in [0.2, 0.25) is 15.9 Å². The molecule has 1 atom stereocenters. The smallest absolute Gasteiger partial charge is 0.238 e. The molecule has 2 aromatic rings. The van der Waals surface area contributed by atoms with Crippen molar-refractivity contribution in [3.63, 3.8) is 0 Å². The minimum atomic E-state index is -3.71. The van der Waals surface area contributed by atoms with Gasteiger partial charge in [0, 0.05) is 11.0 Å². The zero-order valence-corrected chi connectivity index (χ0v) is 16.0. The molecule has 2 aromatic carbocycles. The Bertz CT molecular complexity index is 881. The van der Waals surface area contributed by atoms with E-state index < -0.39 is 10.0 Å². The molecule has 1 aliphatic rings. The van der Waals surface area contributed by atoms with Crippen molar-refractivity contribution in [2.24, 2.45) is 5.14 Å². The van der Waals surface area contributed by atoms with Gasteiger partial charge >= 0.3 is 0 Å². The van der Waals surface area contributed by atoms with Crippen molar-refractivity contribution >= 4 is 31.9 Å². The van der Waals surface area contributed by atoms with E-state index in [-0.39, 0.29) is 23.3 Å². The summed E-state index contributed by atoms with van der Waals surface area (Å²) in [6, 6.07) is 14.3. The molecule has 0 saturated carbocycles. The van der Waals surface area contributed by atoms with Gasteiger partial charge in [0.15, 0.2) is 0 Å². The maximum Gasteiger partial charge on any atom is 0.238 e. The van der Waals surface area contributed by atoms with E-state index in [9.17, 15) is 13.2 Å². The number of amides is 1. The molecule has 1 heterocycles. The Labute approximate surface area is 156 Å². The van der Waals surface area contributed by atoms with Gasteiger partial charge in [-0.25, -0.2) is 13.6 Å². The molecule has 1 fully saturated rings. The summed E-state index contributed by atoms with van der Waals surface area (Å²) in [5, 5.41) is 5.10. The van der Waals surface area contributed by atoms with E-state index in [2.05, 4.69) is 22.0 Å². The summed E-state index contributed by atoms with van der Waals surface area (Å²) in [6.07, 6.45) is 2.18. The highest BCUT2D eigenvalue weighted by Crippen LogP contribution is 2.33. The summed E-state index contributed by atoms with van der Waals surface area (Å²) in [6.45, 7) is 0.741. The van der Waals surface area contributed by atoms with Gasteiger partial charge in [-0.05, 0) is 48.2 Å². The van der Waals surface area contributed by atoms with E-state index in [4.69, 9.17) is 5.14 Å². The molecule has 0 aliphatic carbocycles. The Hall–Kier alpha value is -1.70. The second kappa shape index (κ2) is 7.27. The zero-order chi connectivity index (χ0) is 18.0. The zero-order valence-electron chi connectivity index (χ0n) is 13.6. The van der Waals surface area contributed by atoms with Crippen LogP contribution in [-0.4, -0.2) is 25.8 Å². The first kappa shape index (κ1) is 18.1. The number of nitrogens with zero attached hydrogens (tertiary/aromatic N) is 1. The minimum absolute atomic E-state index is 0.0471. The lowest BCUT2D eigenvalue weighted by Crippen LogP contribution is -2.31. The van der Waals surface area contributed by atoms with Crippen LogP contribution in [0.4, 0.5) is 0 Å². The van der Waals surface area contributed by atoms with Gasteiger partial charge < -0.3 is 4.90 Å². The molecule has 0 bridgehead atoms. The van der Waals surface area contributed by atoms with Gasteiger partial charge in [-0.1, -0.05) is 40.2 Å². The monoisotopic (exact) mass is 422 g/mol. The first-order valence-corrected chi connectivity index (χ1v) is 10.4. The molecule has 7 heteroatoms. The van der Waals surface area contributed by atoms with E-state index in [1.807, 2.05) is 23.1 Å². The summed E-state index contributed by atoms with van der Waals surface area (Å²) in [5.41, 5.74) is 1.90. The molecule has 0 radical (unpaired) electrons. The van der Waals surface area contributed by atoms with Gasteiger partial charge in [-0.15, -0.1) is 0 Å². The number of primary sulfonamides is 1. The number of benzene rings is 2. The van der Waals surface area contributed by atoms with Crippen molar-refractivity contribution in [2.75, 3.05) is 6.54 Å². The molecule has 0 spiro atoms. The average Bonchev–Trinajstić information content (AvgIpc) is 3.04. The van der Waals surface area contributed by atoms with Crippen molar-refractivity contribution < 1.29 is 13.2 Å². The van der Waals surface area contributed by atoms with E-state index >= 15 is 0 Å². The number of carbonyl (C=O) groups excluding carboxylic acids is 1. The Kier molecular flexibility index (Phi) is 5.27. The van der Waals surface area contributed by atoms with Gasteiger partial charge in [-0.2, -0.15) is 0 Å². The van der Waals surface area contributed by atoms with Crippen LogP contribution >= 0.6 is 15.9 Å². The molecular formula is C18H19BrN2O3S. The number of carbonyl (C=O) groups is 1. The van der Waals surface area contributed by atoms with Crippen LogP contribution in [0, 0.1) is 0 Å². The summed E-state index contributed by atoms with van der Waals surface area (Å²) >= 11 is 3.48. The van der Waals surface area contributed by atoms with Crippen LogP contribution in [0.15, 0.2) is 57.9 Å². The fraction of sp³-hybridized carbons (Fsp3) is 0.278. The van der Waals surface area contributed by atoms with Crippen LogP contribution in [0.5, 0.6) is 0 Å². The normalized spacial score (nSPS) is 17.7. The van der Waals surface area contributed by atoms with E-state index in [1.54, 1.807) is 12.1 Å². The van der Waals surface area contributed by atoms with Crippen molar-refractivity contribution in [1.29, 1.82) is 0 Å². The lowest BCUT2D eigenvalue weighted by molar-refractivity contribution is -0.131. The number of nitrogens with two attached hydrogens (primary N) is 1. The third-order valence-electron chi connectivity index (χ3n) is 4.41. The number of likely N-dealkylation sites (tertiary alicyclic amines) is 1. The quantitative estimate of drug-likeness (QED) is 0.821. The van der Waals surface area contributed by atoms with Gasteiger partial charge in [0.05, 0.1) is 17.4 Å². The van der Waals surface area contributed by atoms with Gasteiger partial charge in [0.1, 0.15) is 0 Å². The number of hydrogen-bond donors (Lipinski definition) is 1. The molecular weight excluding hydrogens is 404 g/mol. The highest BCUT2D eigenvalue weighted by Gasteiger charge is 2.29. The van der Waals surface area contributed by atoms with Gasteiger partial charge in [0.25, 0.3) is 0 Å². The maximum absolute atomic E-state index is 12.7. The summed E-state index contributed by atoms with van der Waals surface area (Å²) in [5.74, 6) is 0.0471. The molecule has 0 aromatic heterocycles. The molecule has 1 unspecified atom stereocenters. The SMILES string of the molecule is NS(=O)(=O)c1ccc(CC(=O)N2CCCC2c2cccc(Br)c2)cc1. The molecule has 5 nitrogen and oxygen atoms in total. The molecule has 3 rings (SSSR count). The van der Waals surface area contributed by atoms with Crippen LogP contribution < -0.4 is 5.14 Å². The fourth-order valence-corrected chi connectivity index (χ4v) is 4.13. The van der Waals surface area contributed by atoms with Crippen LogP contribution in [0.3, 0.4) is 0 Å². The Morgan fingerprint density at radius 2 is 1.92 bits per heavy atom. The largest absolute Gasteiger partial charge is 0.335 e. The van der Waals surface area contributed by atoms with Crippen LogP contribution in [0.2, 0.25) is 0 Å². The van der Waals surface area contributed by atoms with Crippen LogP contribution in [0.25, 0.3) is 0 Å². The predicted octanol–water partition coefficient (Wildman–Crippen LogP) is 3.00. The summed E-state index contributed by atoms with van der Waals surface area (Å²) < 4.78 is 23.6. The Morgan fingerprint density at radius 3 is 2.56 bits per heavy atom. The number of sulfonamides is 1. The highest BCUT2D eigenvalue weighted by atomic mass is 79.9. The van der Waals surface area contributed by atoms with Crippen molar-refractivity contribution in [2.45, 2.75) is 30.2 Å². The van der Waals surface area contributed by atoms with Crippen molar-refractivity contribution in [1.82, 2.24) is 4.90 Å².